The molecule has 0 aliphatic heterocycles. The van der Waals surface area contributed by atoms with Gasteiger partial charge in [0.15, 0.2) is 18.9 Å². The molecule has 0 N–H and O–H groups in total. The Morgan fingerprint density at radius 2 is 1.50 bits per heavy atom. The zero-order valence-corrected chi connectivity index (χ0v) is 12.1. The van der Waals surface area contributed by atoms with Crippen LogP contribution < -0.4 is 4.57 Å². The van der Waals surface area contributed by atoms with Gasteiger partial charge in [-0.05, 0) is 12.1 Å². The van der Waals surface area contributed by atoms with Crippen molar-refractivity contribution >= 4 is 11.0 Å². The van der Waals surface area contributed by atoms with E-state index in [4.69, 9.17) is 4.42 Å². The number of furan rings is 1. The van der Waals surface area contributed by atoms with Gasteiger partial charge in [0.2, 0.25) is 0 Å². The number of benzene rings is 2. The predicted molar refractivity (Wildman–Crippen MR) is 87.4 cm³/mol. The average molecular weight is 286 g/mol. The Hall–Kier alpha value is -2.87. The molecule has 0 bridgehead atoms. The first-order valence-corrected chi connectivity index (χ1v) is 7.40. The summed E-state index contributed by atoms with van der Waals surface area (Å²) in [6.07, 6.45) is 4.19. The lowest BCUT2D eigenvalue weighted by atomic mass is 10.2. The molecule has 0 aliphatic carbocycles. The number of hydrogen-bond acceptors (Lipinski definition) is 1. The molecule has 4 rings (SSSR count). The van der Waals surface area contributed by atoms with Crippen LogP contribution in [0.3, 0.4) is 0 Å². The van der Waals surface area contributed by atoms with E-state index in [1.807, 2.05) is 24.3 Å². The van der Waals surface area contributed by atoms with Gasteiger partial charge < -0.3 is 4.42 Å². The zero-order valence-electron chi connectivity index (χ0n) is 12.1. The van der Waals surface area contributed by atoms with Gasteiger partial charge in [0.25, 0.3) is 0 Å². The van der Waals surface area contributed by atoms with Crippen molar-refractivity contribution in [1.82, 2.24) is 0 Å². The molecule has 106 valence electrons. The van der Waals surface area contributed by atoms with Crippen molar-refractivity contribution in [3.8, 4) is 11.3 Å². The Labute approximate surface area is 129 Å². The molecule has 2 heterocycles. The molecule has 0 saturated heterocycles. The van der Waals surface area contributed by atoms with Crippen LogP contribution in [0.4, 0.5) is 0 Å². The summed E-state index contributed by atoms with van der Waals surface area (Å²) in [6, 6.07) is 24.8. The Balaban J connectivity index is 1.61. The third-order valence-electron chi connectivity index (χ3n) is 3.81. The molecule has 22 heavy (non-hydrogen) atoms. The highest BCUT2D eigenvalue weighted by Crippen LogP contribution is 2.26. The Morgan fingerprint density at radius 1 is 0.773 bits per heavy atom. The largest absolute Gasteiger partial charge is 0.456 e. The second-order valence-electron chi connectivity index (χ2n) is 5.39. The minimum absolute atomic E-state index is 0.876. The lowest BCUT2D eigenvalue weighted by Gasteiger charge is -1.99. The second kappa shape index (κ2) is 5.49. The molecule has 0 aliphatic rings. The maximum absolute atomic E-state index is 5.90. The van der Waals surface area contributed by atoms with Crippen molar-refractivity contribution in [3.63, 3.8) is 0 Å². The summed E-state index contributed by atoms with van der Waals surface area (Å²) in [5, 5.41) is 1.14. The fourth-order valence-corrected chi connectivity index (χ4v) is 2.65. The highest BCUT2D eigenvalue weighted by Gasteiger charge is 2.08. The molecule has 0 spiro atoms. The number of pyridine rings is 1. The minimum Gasteiger partial charge on any atom is -0.456 e. The van der Waals surface area contributed by atoms with Crippen LogP contribution in [0, 0.1) is 0 Å². The Bertz CT molecular complexity index is 859. The van der Waals surface area contributed by atoms with Crippen LogP contribution in [-0.2, 0) is 6.54 Å². The summed E-state index contributed by atoms with van der Waals surface area (Å²) in [6.45, 7) is 0.876. The lowest BCUT2D eigenvalue weighted by molar-refractivity contribution is -0.688. The van der Waals surface area contributed by atoms with Crippen LogP contribution >= 0.6 is 0 Å². The molecule has 2 aromatic carbocycles. The summed E-state index contributed by atoms with van der Waals surface area (Å²) in [4.78, 5) is 0. The first-order valence-electron chi connectivity index (χ1n) is 7.40. The number of rotatable bonds is 3. The van der Waals surface area contributed by atoms with Crippen molar-refractivity contribution in [1.29, 1.82) is 0 Å². The van der Waals surface area contributed by atoms with Crippen molar-refractivity contribution in [3.05, 3.63) is 90.8 Å². The van der Waals surface area contributed by atoms with E-state index in [1.165, 1.54) is 5.56 Å². The summed E-state index contributed by atoms with van der Waals surface area (Å²) < 4.78 is 8.07. The van der Waals surface area contributed by atoms with Crippen LogP contribution in [0.1, 0.15) is 5.56 Å². The first-order chi connectivity index (χ1) is 10.9. The monoisotopic (exact) mass is 286 g/mol. The highest BCUT2D eigenvalue weighted by atomic mass is 16.3. The standard InChI is InChI=1S/C20H16NO/c1-2-6-16(7-3-1)15-21-12-10-17(11-13-21)20-14-18-8-4-5-9-19(18)22-20/h1-14H,15H2/q+1. The van der Waals surface area contributed by atoms with E-state index in [0.29, 0.717) is 0 Å². The van der Waals surface area contributed by atoms with Crippen LogP contribution in [0.2, 0.25) is 0 Å². The first kappa shape index (κ1) is 12.8. The van der Waals surface area contributed by atoms with Crippen LogP contribution in [-0.4, -0.2) is 0 Å². The van der Waals surface area contributed by atoms with Gasteiger partial charge in [0.05, 0.1) is 0 Å². The van der Waals surface area contributed by atoms with Gasteiger partial charge >= 0.3 is 0 Å². The minimum atomic E-state index is 0.876. The normalized spacial score (nSPS) is 10.9. The molecule has 4 aromatic rings. The highest BCUT2D eigenvalue weighted by molar-refractivity contribution is 5.82. The SMILES string of the molecule is c1ccc(C[n+]2ccc(-c3cc4ccccc4o3)cc2)cc1. The van der Waals surface area contributed by atoms with Gasteiger partial charge in [-0.15, -0.1) is 0 Å². The molecule has 2 heteroatoms. The number of hydrogen-bond donors (Lipinski definition) is 0. The summed E-state index contributed by atoms with van der Waals surface area (Å²) in [5.74, 6) is 0.910. The van der Waals surface area contributed by atoms with E-state index >= 15 is 0 Å². The molecule has 2 aromatic heterocycles. The Morgan fingerprint density at radius 3 is 2.27 bits per heavy atom. The van der Waals surface area contributed by atoms with E-state index in [9.17, 15) is 0 Å². The Kier molecular flexibility index (Phi) is 3.20. The number of para-hydroxylation sites is 1. The summed E-state index contributed by atoms with van der Waals surface area (Å²) >= 11 is 0. The predicted octanol–water partition coefficient (Wildman–Crippen LogP) is 4.44. The maximum Gasteiger partial charge on any atom is 0.173 e. The topological polar surface area (TPSA) is 17.0 Å². The molecule has 0 fully saturated rings. The van der Waals surface area contributed by atoms with Gasteiger partial charge in [-0.25, -0.2) is 4.57 Å². The molecular formula is C20H16NO+. The quantitative estimate of drug-likeness (QED) is 0.509. The van der Waals surface area contributed by atoms with Crippen molar-refractivity contribution < 1.29 is 8.98 Å². The van der Waals surface area contributed by atoms with Gasteiger partial charge in [-0.3, -0.25) is 0 Å². The third kappa shape index (κ3) is 2.51. The molecule has 0 unspecified atom stereocenters. The van der Waals surface area contributed by atoms with Gasteiger partial charge in [-0.2, -0.15) is 0 Å². The van der Waals surface area contributed by atoms with Crippen LogP contribution in [0.15, 0.2) is 89.6 Å². The van der Waals surface area contributed by atoms with E-state index in [0.717, 1.165) is 28.8 Å². The molecule has 2 nitrogen and oxygen atoms in total. The molecular weight excluding hydrogens is 270 g/mol. The third-order valence-corrected chi connectivity index (χ3v) is 3.81. The summed E-state index contributed by atoms with van der Waals surface area (Å²) in [5.41, 5.74) is 3.32. The molecule has 0 atom stereocenters. The van der Waals surface area contributed by atoms with Gasteiger partial charge in [0, 0.05) is 28.6 Å². The molecule has 0 radical (unpaired) electrons. The molecule has 0 saturated carbocycles. The summed E-state index contributed by atoms with van der Waals surface area (Å²) in [7, 11) is 0. The van der Waals surface area contributed by atoms with Gasteiger partial charge in [0.1, 0.15) is 11.3 Å². The zero-order chi connectivity index (χ0) is 14.8. The van der Waals surface area contributed by atoms with Crippen molar-refractivity contribution in [2.45, 2.75) is 6.54 Å². The fraction of sp³-hybridized carbons (Fsp3) is 0.0500. The smallest absolute Gasteiger partial charge is 0.173 e. The van der Waals surface area contributed by atoms with Crippen LogP contribution in [0.5, 0.6) is 0 Å². The van der Waals surface area contributed by atoms with E-state index < -0.39 is 0 Å². The lowest BCUT2D eigenvalue weighted by Crippen LogP contribution is -2.32. The number of aromatic nitrogens is 1. The maximum atomic E-state index is 5.90. The van der Waals surface area contributed by atoms with E-state index in [2.05, 4.69) is 65.5 Å². The number of fused-ring (bicyclic) bond motifs is 1. The average Bonchev–Trinajstić information content (AvgIpc) is 3.00. The van der Waals surface area contributed by atoms with E-state index in [1.54, 1.807) is 0 Å². The van der Waals surface area contributed by atoms with E-state index in [-0.39, 0.29) is 0 Å². The molecule has 0 amide bonds. The van der Waals surface area contributed by atoms with Gasteiger partial charge in [-0.1, -0.05) is 48.5 Å². The fourth-order valence-electron chi connectivity index (χ4n) is 2.65. The number of nitrogens with zero attached hydrogens (tertiary/aromatic N) is 1. The second-order valence-corrected chi connectivity index (χ2v) is 5.39. The van der Waals surface area contributed by atoms with Crippen molar-refractivity contribution in [2.75, 3.05) is 0 Å². The van der Waals surface area contributed by atoms with Crippen molar-refractivity contribution in [2.24, 2.45) is 0 Å². The van der Waals surface area contributed by atoms with Crippen LogP contribution in [0.25, 0.3) is 22.3 Å².